The van der Waals surface area contributed by atoms with Crippen LogP contribution in [-0.2, 0) is 22.6 Å². The van der Waals surface area contributed by atoms with Crippen LogP contribution < -0.4 is 11.1 Å². The molecule has 3 heterocycles. The van der Waals surface area contributed by atoms with Gasteiger partial charge in [0.25, 0.3) is 0 Å². The van der Waals surface area contributed by atoms with Crippen molar-refractivity contribution in [2.75, 3.05) is 65.1 Å². The number of hydrogen-bond acceptors (Lipinski definition) is 6. The largest absolute Gasteiger partial charge is 0.398 e. The Morgan fingerprint density at radius 2 is 1.56 bits per heavy atom. The molecule has 2 aromatic carbocycles. The van der Waals surface area contributed by atoms with Crippen LogP contribution in [0.3, 0.4) is 0 Å². The molecule has 3 aliphatic heterocycles. The number of likely N-dealkylation sites (tertiary alicyclic amines) is 2. The number of carbonyl (C=O) groups is 2. The number of amides is 2. The summed E-state index contributed by atoms with van der Waals surface area (Å²) < 4.78 is 0. The van der Waals surface area contributed by atoms with Gasteiger partial charge in [0.1, 0.15) is 0 Å². The summed E-state index contributed by atoms with van der Waals surface area (Å²) in [5, 5.41) is 3.63. The quantitative estimate of drug-likeness (QED) is 0.437. The van der Waals surface area contributed by atoms with Crippen molar-refractivity contribution < 1.29 is 9.59 Å². The Hall–Kier alpha value is -2.94. The normalized spacial score (nSPS) is 20.3. The summed E-state index contributed by atoms with van der Waals surface area (Å²) in [7, 11) is 2.20. The zero-order chi connectivity index (χ0) is 30.3. The van der Waals surface area contributed by atoms with Gasteiger partial charge in [-0.05, 0) is 94.4 Å². The molecule has 8 heteroatoms. The molecule has 1 unspecified atom stereocenters. The minimum Gasteiger partial charge on any atom is -0.398 e. The molecule has 3 N–H and O–H groups in total. The number of benzene rings is 2. The van der Waals surface area contributed by atoms with Gasteiger partial charge in [0, 0.05) is 70.0 Å². The van der Waals surface area contributed by atoms with Crippen LogP contribution in [-0.4, -0.2) is 103 Å². The molecular weight excluding hydrogens is 536 g/mol. The molecule has 8 nitrogen and oxygen atoms in total. The topological polar surface area (TPSA) is 85.1 Å². The van der Waals surface area contributed by atoms with E-state index in [1.54, 1.807) is 0 Å². The molecule has 1 atom stereocenters. The predicted octanol–water partition coefficient (Wildman–Crippen LogP) is 3.45. The highest BCUT2D eigenvalue weighted by atomic mass is 16.2. The van der Waals surface area contributed by atoms with Crippen molar-refractivity contribution in [3.63, 3.8) is 0 Å². The minimum atomic E-state index is -0.332. The summed E-state index contributed by atoms with van der Waals surface area (Å²) in [6.45, 7) is 12.1. The Bertz CT molecular complexity index is 1230. The van der Waals surface area contributed by atoms with Crippen molar-refractivity contribution in [2.24, 2.45) is 5.92 Å². The maximum Gasteiger partial charge on any atom is 0.226 e. The van der Waals surface area contributed by atoms with Gasteiger partial charge in [0.05, 0.1) is 5.92 Å². The van der Waals surface area contributed by atoms with E-state index in [-0.39, 0.29) is 24.2 Å². The van der Waals surface area contributed by atoms with Crippen molar-refractivity contribution in [3.8, 4) is 0 Å². The molecule has 0 radical (unpaired) electrons. The second-order valence-electron chi connectivity index (χ2n) is 13.2. The summed E-state index contributed by atoms with van der Waals surface area (Å²) in [6, 6.07) is 15.4. The number of nitrogens with zero attached hydrogens (tertiary/aromatic N) is 4. The lowest BCUT2D eigenvalue weighted by molar-refractivity contribution is -0.143. The number of carbonyl (C=O) groups excluding carboxylic acids is 2. The smallest absolute Gasteiger partial charge is 0.226 e. The van der Waals surface area contributed by atoms with Crippen LogP contribution in [0.4, 0.5) is 5.69 Å². The van der Waals surface area contributed by atoms with Crippen molar-refractivity contribution in [3.05, 3.63) is 64.7 Å². The van der Waals surface area contributed by atoms with Gasteiger partial charge in [-0.15, -0.1) is 0 Å². The third-order valence-electron chi connectivity index (χ3n) is 10.1. The average Bonchev–Trinajstić information content (AvgIpc) is 3.02. The molecule has 0 bridgehead atoms. The van der Waals surface area contributed by atoms with Crippen LogP contribution in [0.2, 0.25) is 0 Å². The van der Waals surface area contributed by atoms with E-state index in [1.165, 1.54) is 24.0 Å². The number of anilines is 1. The monoisotopic (exact) mass is 588 g/mol. The molecule has 3 saturated heterocycles. The Labute approximate surface area is 258 Å². The Kier molecular flexibility index (Phi) is 10.8. The number of nitrogens with two attached hydrogens (primary N) is 1. The number of nitrogens with one attached hydrogen (secondary N) is 1. The lowest BCUT2D eigenvalue weighted by Gasteiger charge is -2.43. The third kappa shape index (κ3) is 8.37. The van der Waals surface area contributed by atoms with Crippen LogP contribution in [0, 0.1) is 19.8 Å². The molecule has 3 aliphatic rings. The second-order valence-corrected chi connectivity index (χ2v) is 13.2. The highest BCUT2D eigenvalue weighted by molar-refractivity contribution is 5.86. The summed E-state index contributed by atoms with van der Waals surface area (Å²) in [4.78, 5) is 36.6. The van der Waals surface area contributed by atoms with Crippen LogP contribution in [0.15, 0.2) is 42.5 Å². The number of piperazine rings is 1. The van der Waals surface area contributed by atoms with Gasteiger partial charge in [-0.1, -0.05) is 36.4 Å². The van der Waals surface area contributed by atoms with Crippen molar-refractivity contribution >= 4 is 17.5 Å². The number of para-hydroxylation sites is 1. The van der Waals surface area contributed by atoms with Crippen LogP contribution in [0.25, 0.3) is 0 Å². The highest BCUT2D eigenvalue weighted by Gasteiger charge is 2.33. The van der Waals surface area contributed by atoms with Gasteiger partial charge < -0.3 is 25.8 Å². The summed E-state index contributed by atoms with van der Waals surface area (Å²) in [6.07, 6.45) is 5.12. The molecular formula is C35H52N6O2. The van der Waals surface area contributed by atoms with Gasteiger partial charge in [0.2, 0.25) is 11.8 Å². The summed E-state index contributed by atoms with van der Waals surface area (Å²) in [5.74, 6) is -0.0779. The summed E-state index contributed by atoms with van der Waals surface area (Å²) in [5.41, 5.74) is 11.7. The molecule has 2 aromatic rings. The first-order valence-electron chi connectivity index (χ1n) is 16.4. The van der Waals surface area contributed by atoms with Gasteiger partial charge in [0.15, 0.2) is 0 Å². The molecule has 0 aromatic heterocycles. The molecule has 0 spiro atoms. The molecule has 2 amide bonds. The lowest BCUT2D eigenvalue weighted by Crippen LogP contribution is -2.55. The highest BCUT2D eigenvalue weighted by Crippen LogP contribution is 2.24. The minimum absolute atomic E-state index is 0.109. The zero-order valence-corrected chi connectivity index (χ0v) is 26.6. The maximum atomic E-state index is 14.0. The number of nitrogen functional groups attached to an aromatic ring is 1. The first kappa shape index (κ1) is 31.5. The van der Waals surface area contributed by atoms with E-state index in [9.17, 15) is 9.59 Å². The number of rotatable bonds is 9. The Balaban J connectivity index is 1.17. The number of hydrogen-bond donors (Lipinski definition) is 2. The standard InChI is InChI=1S/C35H52N6O2/c1-26-8-9-28(22-27(26)2)23-30(35(43)41-20-18-39(19-21-41)32-12-14-38(3)15-13-32)24-34(42)40-16-10-31(11-17-40)37-25-29-6-4-5-7-33(29)36/h4-9,22,30-32,37H,10-21,23-25,36H2,1-3H3. The van der Waals surface area contributed by atoms with E-state index in [4.69, 9.17) is 5.73 Å². The van der Waals surface area contributed by atoms with E-state index in [1.807, 2.05) is 28.0 Å². The molecule has 43 heavy (non-hydrogen) atoms. The van der Waals surface area contributed by atoms with Gasteiger partial charge >= 0.3 is 0 Å². The van der Waals surface area contributed by atoms with Gasteiger partial charge in [-0.2, -0.15) is 0 Å². The Morgan fingerprint density at radius 1 is 0.860 bits per heavy atom. The Morgan fingerprint density at radius 3 is 2.23 bits per heavy atom. The molecule has 0 saturated carbocycles. The predicted molar refractivity (Wildman–Crippen MR) is 174 cm³/mol. The zero-order valence-electron chi connectivity index (χ0n) is 26.6. The van der Waals surface area contributed by atoms with Crippen molar-refractivity contribution in [1.29, 1.82) is 0 Å². The van der Waals surface area contributed by atoms with E-state index >= 15 is 0 Å². The first-order chi connectivity index (χ1) is 20.8. The van der Waals surface area contributed by atoms with E-state index in [2.05, 4.69) is 60.3 Å². The molecule has 3 fully saturated rings. The number of piperidine rings is 2. The maximum absolute atomic E-state index is 14.0. The first-order valence-corrected chi connectivity index (χ1v) is 16.4. The number of aryl methyl sites for hydroxylation is 2. The van der Waals surface area contributed by atoms with E-state index in [0.29, 0.717) is 18.5 Å². The van der Waals surface area contributed by atoms with E-state index in [0.717, 1.165) is 88.6 Å². The summed E-state index contributed by atoms with van der Waals surface area (Å²) >= 11 is 0. The fourth-order valence-corrected chi connectivity index (χ4v) is 7.01. The van der Waals surface area contributed by atoms with Gasteiger partial charge in [-0.3, -0.25) is 14.5 Å². The van der Waals surface area contributed by atoms with Crippen LogP contribution in [0.1, 0.15) is 54.4 Å². The fraction of sp³-hybridized carbons (Fsp3) is 0.600. The average molecular weight is 589 g/mol. The molecule has 0 aliphatic carbocycles. The second kappa shape index (κ2) is 14.7. The van der Waals surface area contributed by atoms with Crippen LogP contribution >= 0.6 is 0 Å². The fourth-order valence-electron chi connectivity index (χ4n) is 7.01. The van der Waals surface area contributed by atoms with Crippen LogP contribution in [0.5, 0.6) is 0 Å². The molecule has 234 valence electrons. The van der Waals surface area contributed by atoms with Gasteiger partial charge in [-0.25, -0.2) is 0 Å². The third-order valence-corrected chi connectivity index (χ3v) is 10.1. The molecule has 5 rings (SSSR count). The SMILES string of the molecule is Cc1ccc(CC(CC(=O)N2CCC(NCc3ccccc3N)CC2)C(=O)N2CCN(C3CCN(C)CC3)CC2)cc1C. The lowest BCUT2D eigenvalue weighted by atomic mass is 9.91. The van der Waals surface area contributed by atoms with E-state index < -0.39 is 0 Å². The van der Waals surface area contributed by atoms with Crippen molar-refractivity contribution in [1.82, 2.24) is 24.9 Å². The van der Waals surface area contributed by atoms with Crippen molar-refractivity contribution in [2.45, 2.75) is 71.0 Å².